The summed E-state index contributed by atoms with van der Waals surface area (Å²) in [4.78, 5) is 13.0. The minimum atomic E-state index is -1.61. The smallest absolute Gasteiger partial charge is 0.249 e. The number of ether oxygens (including phenoxy) is 2. The number of amides is 1. The summed E-state index contributed by atoms with van der Waals surface area (Å²) in [6.07, 6.45) is 26.6. The standard InChI is InChI=1S/C41H75NO9/c1-3-5-7-9-11-13-15-17-18-20-22-24-26-28-30-35(45)40(49)42-33(32-50-41-39(48)38(47)37(46)36(31-43)51-41)34(44)29-27-25-23-21-19-16-14-12-10-8-6-4-2/h11,13,15,17,27,29,33-39,41,43-48H,3-10,12,14,16,18-26,28,30-32H2,1-2H3,(H,42,49)/b13-11-,17-15-,29-27+. The molecule has 0 radical (unpaired) electrons. The second-order valence-corrected chi connectivity index (χ2v) is 14.2. The van der Waals surface area contributed by atoms with E-state index in [1.807, 2.05) is 6.08 Å². The van der Waals surface area contributed by atoms with Crippen molar-refractivity contribution in [3.8, 4) is 0 Å². The van der Waals surface area contributed by atoms with E-state index in [0.29, 0.717) is 12.8 Å². The third-order valence-electron chi connectivity index (χ3n) is 9.59. The number of nitrogens with one attached hydrogen (secondary N) is 1. The molecule has 10 heteroatoms. The quantitative estimate of drug-likeness (QED) is 0.0239. The molecule has 7 N–H and O–H groups in total. The Kier molecular flexibility index (Phi) is 29.6. The maximum absolute atomic E-state index is 13.0. The van der Waals surface area contributed by atoms with Gasteiger partial charge in [-0.25, -0.2) is 0 Å². The van der Waals surface area contributed by atoms with Gasteiger partial charge in [-0.2, -0.15) is 0 Å². The normalized spacial score (nSPS) is 23.0. The largest absolute Gasteiger partial charge is 0.394 e. The zero-order chi connectivity index (χ0) is 37.5. The first-order valence-electron chi connectivity index (χ1n) is 20.3. The molecule has 51 heavy (non-hydrogen) atoms. The summed E-state index contributed by atoms with van der Waals surface area (Å²) < 4.78 is 11.1. The predicted octanol–water partition coefficient (Wildman–Crippen LogP) is 6.30. The average Bonchev–Trinajstić information content (AvgIpc) is 3.13. The first-order valence-corrected chi connectivity index (χ1v) is 20.3. The second kappa shape index (κ2) is 31.9. The molecule has 298 valence electrons. The van der Waals surface area contributed by atoms with Crippen LogP contribution in [0.1, 0.15) is 155 Å². The van der Waals surface area contributed by atoms with Crippen LogP contribution in [0.5, 0.6) is 0 Å². The van der Waals surface area contributed by atoms with Gasteiger partial charge >= 0.3 is 0 Å². The Morgan fingerprint density at radius 3 is 1.75 bits per heavy atom. The minimum Gasteiger partial charge on any atom is -0.394 e. The summed E-state index contributed by atoms with van der Waals surface area (Å²) >= 11 is 0. The molecule has 0 aromatic carbocycles. The first kappa shape index (κ1) is 47.4. The van der Waals surface area contributed by atoms with Gasteiger partial charge in [-0.15, -0.1) is 0 Å². The lowest BCUT2D eigenvalue weighted by Crippen LogP contribution is -2.60. The van der Waals surface area contributed by atoms with Crippen LogP contribution in [0.2, 0.25) is 0 Å². The van der Waals surface area contributed by atoms with Crippen molar-refractivity contribution >= 4 is 5.91 Å². The Hall–Kier alpha value is -1.63. The third-order valence-corrected chi connectivity index (χ3v) is 9.59. The van der Waals surface area contributed by atoms with E-state index in [4.69, 9.17) is 9.47 Å². The Labute approximate surface area is 309 Å². The van der Waals surface area contributed by atoms with Crippen molar-refractivity contribution < 1.29 is 44.9 Å². The maximum atomic E-state index is 13.0. The van der Waals surface area contributed by atoms with Crippen molar-refractivity contribution in [2.45, 2.75) is 204 Å². The lowest BCUT2D eigenvalue weighted by molar-refractivity contribution is -0.302. The highest BCUT2D eigenvalue weighted by Crippen LogP contribution is 2.22. The SMILES string of the molecule is CCCCC/C=C\C=C/CCCCCCCC(O)C(=O)NC(COC1OC(CO)C(O)C(O)C1O)C(O)/C=C/CCCCCCCCCCCC. The number of carbonyl (C=O) groups excluding carboxylic acids is 1. The molecular formula is C41H75NO9. The summed E-state index contributed by atoms with van der Waals surface area (Å²) in [5, 5.41) is 64.3. The summed E-state index contributed by atoms with van der Waals surface area (Å²) in [5.41, 5.74) is 0. The van der Waals surface area contributed by atoms with E-state index in [2.05, 4.69) is 43.5 Å². The number of hydrogen-bond donors (Lipinski definition) is 7. The summed E-state index contributed by atoms with van der Waals surface area (Å²) in [5.74, 6) is -0.632. The highest BCUT2D eigenvalue weighted by molar-refractivity contribution is 5.80. The van der Waals surface area contributed by atoms with Gasteiger partial charge < -0.3 is 45.4 Å². The van der Waals surface area contributed by atoms with Crippen LogP contribution < -0.4 is 5.32 Å². The van der Waals surface area contributed by atoms with Crippen LogP contribution >= 0.6 is 0 Å². The van der Waals surface area contributed by atoms with Crippen LogP contribution in [0, 0.1) is 0 Å². The van der Waals surface area contributed by atoms with Crippen LogP contribution in [0.25, 0.3) is 0 Å². The average molecular weight is 726 g/mol. The van der Waals surface area contributed by atoms with Crippen molar-refractivity contribution in [1.29, 1.82) is 0 Å². The predicted molar refractivity (Wildman–Crippen MR) is 204 cm³/mol. The van der Waals surface area contributed by atoms with Gasteiger partial charge in [-0.3, -0.25) is 4.79 Å². The van der Waals surface area contributed by atoms with E-state index in [1.54, 1.807) is 6.08 Å². The number of unbranched alkanes of at least 4 members (excludes halogenated alkanes) is 18. The van der Waals surface area contributed by atoms with Crippen LogP contribution in [-0.4, -0.2) is 98.7 Å². The lowest BCUT2D eigenvalue weighted by Gasteiger charge is -2.40. The van der Waals surface area contributed by atoms with E-state index < -0.39 is 61.5 Å². The van der Waals surface area contributed by atoms with Crippen molar-refractivity contribution in [2.24, 2.45) is 0 Å². The fraction of sp³-hybridized carbons (Fsp3) is 0.829. The van der Waals surface area contributed by atoms with Crippen molar-refractivity contribution in [3.05, 3.63) is 36.5 Å². The van der Waals surface area contributed by atoms with Gasteiger partial charge in [0.15, 0.2) is 6.29 Å². The van der Waals surface area contributed by atoms with E-state index in [0.717, 1.165) is 57.8 Å². The first-order chi connectivity index (χ1) is 24.8. The van der Waals surface area contributed by atoms with Crippen LogP contribution in [-0.2, 0) is 14.3 Å². The lowest BCUT2D eigenvalue weighted by atomic mass is 9.99. The van der Waals surface area contributed by atoms with Crippen molar-refractivity contribution in [3.63, 3.8) is 0 Å². The van der Waals surface area contributed by atoms with Gasteiger partial charge in [0.25, 0.3) is 0 Å². The van der Waals surface area contributed by atoms with E-state index in [-0.39, 0.29) is 6.61 Å². The van der Waals surface area contributed by atoms with Crippen LogP contribution in [0.15, 0.2) is 36.5 Å². The highest BCUT2D eigenvalue weighted by Gasteiger charge is 2.44. The Balaban J connectivity index is 2.52. The topological polar surface area (TPSA) is 169 Å². The summed E-state index contributed by atoms with van der Waals surface area (Å²) in [6.45, 7) is 3.52. The van der Waals surface area contributed by atoms with Crippen molar-refractivity contribution in [2.75, 3.05) is 13.2 Å². The maximum Gasteiger partial charge on any atom is 0.249 e. The molecule has 1 amide bonds. The Morgan fingerprint density at radius 2 is 1.18 bits per heavy atom. The van der Waals surface area contributed by atoms with E-state index >= 15 is 0 Å². The second-order valence-electron chi connectivity index (χ2n) is 14.2. The van der Waals surface area contributed by atoms with Gasteiger partial charge in [0.05, 0.1) is 25.4 Å². The molecule has 0 spiro atoms. The van der Waals surface area contributed by atoms with Gasteiger partial charge in [-0.1, -0.05) is 147 Å². The van der Waals surface area contributed by atoms with Crippen molar-refractivity contribution in [1.82, 2.24) is 5.32 Å². The summed E-state index contributed by atoms with van der Waals surface area (Å²) in [6, 6.07) is -0.984. The molecule has 0 aliphatic carbocycles. The monoisotopic (exact) mass is 726 g/mol. The third kappa shape index (κ3) is 22.9. The molecule has 0 aromatic heterocycles. The van der Waals surface area contributed by atoms with E-state index in [9.17, 15) is 35.4 Å². The van der Waals surface area contributed by atoms with Gasteiger partial charge in [0, 0.05) is 0 Å². The molecule has 0 saturated carbocycles. The van der Waals surface area contributed by atoms with E-state index in [1.165, 1.54) is 70.6 Å². The van der Waals surface area contributed by atoms with Gasteiger partial charge in [0.1, 0.15) is 30.5 Å². The molecule has 1 aliphatic heterocycles. The highest BCUT2D eigenvalue weighted by atomic mass is 16.7. The Bertz CT molecular complexity index is 912. The fourth-order valence-electron chi connectivity index (χ4n) is 6.15. The zero-order valence-electron chi connectivity index (χ0n) is 32.0. The molecule has 1 rings (SSSR count). The molecule has 8 atom stereocenters. The number of allylic oxidation sites excluding steroid dienone is 5. The van der Waals surface area contributed by atoms with Gasteiger partial charge in [0.2, 0.25) is 5.91 Å². The van der Waals surface area contributed by atoms with Crippen LogP contribution in [0.4, 0.5) is 0 Å². The number of carbonyl (C=O) groups is 1. The molecular weight excluding hydrogens is 650 g/mol. The molecule has 0 bridgehead atoms. The molecule has 1 fully saturated rings. The number of aliphatic hydroxyl groups excluding tert-OH is 6. The molecule has 1 saturated heterocycles. The molecule has 0 aromatic rings. The number of rotatable bonds is 32. The molecule has 8 unspecified atom stereocenters. The summed E-state index contributed by atoms with van der Waals surface area (Å²) in [7, 11) is 0. The van der Waals surface area contributed by atoms with Gasteiger partial charge in [-0.05, 0) is 44.9 Å². The zero-order valence-corrected chi connectivity index (χ0v) is 32.0. The van der Waals surface area contributed by atoms with Crippen LogP contribution in [0.3, 0.4) is 0 Å². The number of hydrogen-bond acceptors (Lipinski definition) is 9. The molecule has 1 aliphatic rings. The number of aliphatic hydroxyl groups is 6. The minimum absolute atomic E-state index is 0.291. The fourth-order valence-corrected chi connectivity index (χ4v) is 6.15. The molecule has 1 heterocycles. The molecule has 10 nitrogen and oxygen atoms in total. The Morgan fingerprint density at radius 1 is 0.686 bits per heavy atom.